The van der Waals surface area contributed by atoms with Gasteiger partial charge >= 0.3 is 0 Å². The summed E-state index contributed by atoms with van der Waals surface area (Å²) in [6.07, 6.45) is 7.80. The lowest BCUT2D eigenvalue weighted by Crippen LogP contribution is -2.30. The number of halogens is 2. The fourth-order valence-corrected chi connectivity index (χ4v) is 3.95. The Morgan fingerprint density at radius 3 is 2.29 bits per heavy atom. The van der Waals surface area contributed by atoms with Gasteiger partial charge in [-0.05, 0) is 35.4 Å². The number of aromatic amines is 2. The Morgan fingerprint density at radius 2 is 1.68 bits per heavy atom. The van der Waals surface area contributed by atoms with Crippen molar-refractivity contribution in [2.75, 3.05) is 0 Å². The van der Waals surface area contributed by atoms with Crippen LogP contribution in [0.25, 0.3) is 17.5 Å². The second-order valence-electron chi connectivity index (χ2n) is 6.93. The number of hydrogen-bond acceptors (Lipinski definition) is 2. The Kier molecular flexibility index (Phi) is 3.72. The third-order valence-corrected chi connectivity index (χ3v) is 5.31. The van der Waals surface area contributed by atoms with E-state index in [2.05, 4.69) is 20.2 Å². The minimum atomic E-state index is -0.699. The number of benzene rings is 2. The second kappa shape index (κ2) is 6.27. The predicted octanol–water partition coefficient (Wildman–Crippen LogP) is 4.63. The maximum atomic E-state index is 14.0. The number of nitrogens with zero attached hydrogens (tertiary/aromatic N) is 2. The Hall–Kier alpha value is -3.54. The third kappa shape index (κ3) is 2.57. The molecule has 4 aromatic rings. The van der Waals surface area contributed by atoms with E-state index >= 15 is 0 Å². The Balaban J connectivity index is 1.69. The number of imidazole rings is 1. The summed E-state index contributed by atoms with van der Waals surface area (Å²) >= 11 is 0. The summed E-state index contributed by atoms with van der Waals surface area (Å²) in [4.78, 5) is 7.12. The average molecular weight is 374 g/mol. The van der Waals surface area contributed by atoms with Crippen molar-refractivity contribution in [1.29, 1.82) is 0 Å². The summed E-state index contributed by atoms with van der Waals surface area (Å²) in [6.45, 7) is 0. The first kappa shape index (κ1) is 16.6. The van der Waals surface area contributed by atoms with Crippen molar-refractivity contribution in [1.82, 2.24) is 20.2 Å². The highest BCUT2D eigenvalue weighted by Gasteiger charge is 2.37. The van der Waals surface area contributed by atoms with Crippen LogP contribution in [0.1, 0.15) is 22.4 Å². The molecule has 1 aliphatic carbocycles. The highest BCUT2D eigenvalue weighted by Crippen LogP contribution is 2.43. The summed E-state index contributed by atoms with van der Waals surface area (Å²) in [5.41, 5.74) is 4.26. The number of nitrogens with one attached hydrogen (secondary N) is 2. The van der Waals surface area contributed by atoms with Gasteiger partial charge in [-0.2, -0.15) is 5.10 Å². The van der Waals surface area contributed by atoms with E-state index in [1.165, 1.54) is 24.3 Å². The quantitative estimate of drug-likeness (QED) is 0.549. The molecule has 2 N–H and O–H groups in total. The minimum absolute atomic E-state index is 0.324. The fourth-order valence-electron chi connectivity index (χ4n) is 3.95. The van der Waals surface area contributed by atoms with Crippen molar-refractivity contribution >= 4 is 6.08 Å². The number of rotatable bonds is 3. The van der Waals surface area contributed by atoms with Gasteiger partial charge in [-0.15, -0.1) is 0 Å². The second-order valence-corrected chi connectivity index (χ2v) is 6.93. The first-order valence-corrected chi connectivity index (χ1v) is 8.93. The maximum Gasteiger partial charge on any atom is 0.123 e. The summed E-state index contributed by atoms with van der Waals surface area (Å²) < 4.78 is 28.1. The molecule has 0 aliphatic heterocycles. The van der Waals surface area contributed by atoms with E-state index in [9.17, 15) is 8.78 Å². The molecule has 28 heavy (non-hydrogen) atoms. The molecule has 2 heterocycles. The van der Waals surface area contributed by atoms with E-state index in [1.807, 2.05) is 24.3 Å². The van der Waals surface area contributed by atoms with Crippen LogP contribution in [0.2, 0.25) is 0 Å². The molecule has 0 atom stereocenters. The van der Waals surface area contributed by atoms with Crippen LogP contribution in [0.4, 0.5) is 8.78 Å². The van der Waals surface area contributed by atoms with Crippen molar-refractivity contribution in [3.63, 3.8) is 0 Å². The van der Waals surface area contributed by atoms with Gasteiger partial charge in [0.15, 0.2) is 0 Å². The van der Waals surface area contributed by atoms with Crippen molar-refractivity contribution in [2.24, 2.45) is 0 Å². The van der Waals surface area contributed by atoms with E-state index in [0.29, 0.717) is 6.42 Å². The molecular formula is C22H16F2N4. The normalized spacial score (nSPS) is 14.8. The van der Waals surface area contributed by atoms with Crippen molar-refractivity contribution in [2.45, 2.75) is 11.8 Å². The van der Waals surface area contributed by atoms with Crippen LogP contribution in [0.15, 0.2) is 67.1 Å². The average Bonchev–Trinajstić information content (AvgIpc) is 3.37. The van der Waals surface area contributed by atoms with Gasteiger partial charge in [0.2, 0.25) is 0 Å². The summed E-state index contributed by atoms with van der Waals surface area (Å²) in [5.74, 6) is -0.648. The molecule has 138 valence electrons. The topological polar surface area (TPSA) is 57.4 Å². The maximum absolute atomic E-state index is 14.0. The number of hydrogen-bond donors (Lipinski definition) is 2. The minimum Gasteiger partial charge on any atom is -0.343 e. The van der Waals surface area contributed by atoms with E-state index in [4.69, 9.17) is 0 Å². The molecular weight excluding hydrogens is 358 g/mol. The lowest BCUT2D eigenvalue weighted by Gasteiger charge is -2.34. The van der Waals surface area contributed by atoms with Crippen LogP contribution >= 0.6 is 0 Å². The Labute approximate surface area is 160 Å². The van der Waals surface area contributed by atoms with E-state index in [-0.39, 0.29) is 11.6 Å². The van der Waals surface area contributed by atoms with Gasteiger partial charge in [-0.1, -0.05) is 36.4 Å². The summed E-state index contributed by atoms with van der Waals surface area (Å²) in [7, 11) is 0. The summed E-state index contributed by atoms with van der Waals surface area (Å²) in [5, 5.41) is 7.53. The summed E-state index contributed by atoms with van der Waals surface area (Å²) in [6, 6.07) is 12.9. The van der Waals surface area contributed by atoms with Crippen molar-refractivity contribution in [3.8, 4) is 11.4 Å². The molecule has 0 spiro atoms. The molecule has 0 saturated carbocycles. The highest BCUT2D eigenvalue weighted by atomic mass is 19.1. The van der Waals surface area contributed by atoms with Crippen LogP contribution in [0.3, 0.4) is 0 Å². The van der Waals surface area contributed by atoms with Gasteiger partial charge in [0.1, 0.15) is 17.3 Å². The van der Waals surface area contributed by atoms with Crippen LogP contribution in [-0.2, 0) is 11.8 Å². The molecule has 0 amide bonds. The van der Waals surface area contributed by atoms with Gasteiger partial charge in [0.25, 0.3) is 0 Å². The lowest BCUT2D eigenvalue weighted by molar-refractivity contribution is 0.582. The number of allylic oxidation sites excluding steroid dienone is 1. The van der Waals surface area contributed by atoms with Gasteiger partial charge < -0.3 is 4.98 Å². The first-order chi connectivity index (χ1) is 13.7. The standard InChI is InChI=1S/C22H16F2N4/c23-16-5-1-3-14(9-16)22(15-4-2-6-17(24)10-15)8-7-18-19(11-22)27-28-21(18)20-12-25-13-26-20/h1-10,12-13H,11H2,(H,25,26)(H,27,28). The predicted molar refractivity (Wildman–Crippen MR) is 102 cm³/mol. The Bertz CT molecular complexity index is 1130. The smallest absolute Gasteiger partial charge is 0.123 e. The molecule has 0 saturated heterocycles. The molecule has 4 nitrogen and oxygen atoms in total. The number of aromatic nitrogens is 4. The van der Waals surface area contributed by atoms with Crippen molar-refractivity contribution < 1.29 is 8.78 Å². The largest absolute Gasteiger partial charge is 0.343 e. The zero-order valence-corrected chi connectivity index (χ0v) is 14.8. The van der Waals surface area contributed by atoms with Gasteiger partial charge in [0.05, 0.1) is 18.2 Å². The zero-order valence-electron chi connectivity index (χ0n) is 14.8. The Morgan fingerprint density at radius 1 is 0.964 bits per heavy atom. The van der Waals surface area contributed by atoms with Gasteiger partial charge in [0, 0.05) is 23.1 Å². The van der Waals surface area contributed by atoms with Crippen LogP contribution in [0.5, 0.6) is 0 Å². The monoisotopic (exact) mass is 374 g/mol. The van der Waals surface area contributed by atoms with E-state index in [1.54, 1.807) is 24.7 Å². The molecule has 0 radical (unpaired) electrons. The zero-order chi connectivity index (χ0) is 19.1. The third-order valence-electron chi connectivity index (χ3n) is 5.31. The fraction of sp³-hybridized carbons (Fsp3) is 0.0909. The molecule has 5 rings (SSSR count). The molecule has 2 aromatic carbocycles. The first-order valence-electron chi connectivity index (χ1n) is 8.93. The number of fused-ring (bicyclic) bond motifs is 1. The SMILES string of the molecule is Fc1cccc(C2(c3cccc(F)c3)C=Cc3c(-c4cnc[nH]4)n[nH]c3C2)c1. The molecule has 0 bridgehead atoms. The molecule has 6 heteroatoms. The molecule has 0 unspecified atom stereocenters. The van der Waals surface area contributed by atoms with E-state index in [0.717, 1.165) is 33.8 Å². The molecule has 1 aliphatic rings. The van der Waals surface area contributed by atoms with Crippen LogP contribution in [0, 0.1) is 11.6 Å². The van der Waals surface area contributed by atoms with Crippen LogP contribution in [-0.4, -0.2) is 20.2 Å². The van der Waals surface area contributed by atoms with Gasteiger partial charge in [-0.25, -0.2) is 13.8 Å². The lowest BCUT2D eigenvalue weighted by atomic mass is 9.68. The van der Waals surface area contributed by atoms with Gasteiger partial charge in [-0.3, -0.25) is 5.10 Å². The van der Waals surface area contributed by atoms with Crippen molar-refractivity contribution in [3.05, 3.63) is 101 Å². The van der Waals surface area contributed by atoms with Crippen LogP contribution < -0.4 is 0 Å². The van der Waals surface area contributed by atoms with E-state index < -0.39 is 5.41 Å². The highest BCUT2D eigenvalue weighted by molar-refractivity contribution is 5.74. The number of H-pyrrole nitrogens is 2. The molecule has 0 fully saturated rings. The molecule has 2 aromatic heterocycles.